The zero-order valence-electron chi connectivity index (χ0n) is 15.1. The number of nitrogens with one attached hydrogen (secondary N) is 1. The molecule has 0 radical (unpaired) electrons. The van der Waals surface area contributed by atoms with Crippen LogP contribution in [0.25, 0.3) is 5.52 Å². The summed E-state index contributed by atoms with van der Waals surface area (Å²) in [6.45, 7) is 3.19. The van der Waals surface area contributed by atoms with Crippen molar-refractivity contribution in [1.82, 2.24) is 24.4 Å². The van der Waals surface area contributed by atoms with E-state index in [0.29, 0.717) is 23.9 Å². The third-order valence-electron chi connectivity index (χ3n) is 5.09. The van der Waals surface area contributed by atoms with Crippen LogP contribution < -0.4 is 10.9 Å². The number of hydrogen-bond donors (Lipinski definition) is 1. The lowest BCUT2D eigenvalue weighted by Gasteiger charge is -2.31. The van der Waals surface area contributed by atoms with Gasteiger partial charge in [-0.25, -0.2) is 4.68 Å². The lowest BCUT2D eigenvalue weighted by atomic mass is 9.94. The van der Waals surface area contributed by atoms with E-state index >= 15 is 0 Å². The second-order valence-corrected chi connectivity index (χ2v) is 6.90. The topological polar surface area (TPSA) is 71.6 Å². The van der Waals surface area contributed by atoms with Gasteiger partial charge in [0.25, 0.3) is 5.56 Å². The van der Waals surface area contributed by atoms with Crippen LogP contribution in [0, 0.1) is 6.92 Å². The summed E-state index contributed by atoms with van der Waals surface area (Å²) >= 11 is 0. The Labute approximate surface area is 147 Å². The molecule has 7 nitrogen and oxygen atoms in total. The maximum absolute atomic E-state index is 12.4. The number of rotatable bonds is 6. The van der Waals surface area contributed by atoms with Crippen LogP contribution in [0.15, 0.2) is 23.1 Å². The lowest BCUT2D eigenvalue weighted by molar-refractivity contribution is -0.122. The van der Waals surface area contributed by atoms with Crippen molar-refractivity contribution in [1.29, 1.82) is 0 Å². The Bertz CT molecular complexity index is 788. The van der Waals surface area contributed by atoms with Crippen molar-refractivity contribution in [3.05, 3.63) is 34.5 Å². The Kier molecular flexibility index (Phi) is 5.53. The van der Waals surface area contributed by atoms with E-state index in [1.807, 2.05) is 6.92 Å². The first kappa shape index (κ1) is 17.7. The van der Waals surface area contributed by atoms with E-state index in [4.69, 9.17) is 0 Å². The molecule has 7 heteroatoms. The summed E-state index contributed by atoms with van der Waals surface area (Å²) in [5.74, 6) is 0.506. The molecule has 0 spiro atoms. The molecule has 1 aliphatic rings. The van der Waals surface area contributed by atoms with Crippen LogP contribution in [0.1, 0.15) is 37.9 Å². The van der Waals surface area contributed by atoms with Crippen molar-refractivity contribution in [2.45, 2.75) is 51.6 Å². The molecule has 0 bridgehead atoms. The number of fused-ring (bicyclic) bond motifs is 1. The second kappa shape index (κ2) is 7.82. The SMILES string of the molecule is Cc1nn(CC(=O)NCCN(C)C2CCCCC2)c(=O)c2cccn12. The lowest BCUT2D eigenvalue weighted by Crippen LogP contribution is -2.41. The van der Waals surface area contributed by atoms with Gasteiger partial charge in [0.1, 0.15) is 17.9 Å². The molecule has 3 rings (SSSR count). The second-order valence-electron chi connectivity index (χ2n) is 6.90. The average molecular weight is 345 g/mol. The standard InChI is InChI=1S/C18H27N5O2/c1-14-20-23(18(25)16-9-6-11-22(14)16)13-17(24)19-10-12-21(2)15-7-4-3-5-8-15/h6,9,11,15H,3-5,7-8,10,12-13H2,1-2H3,(H,19,24). The summed E-state index contributed by atoms with van der Waals surface area (Å²) in [7, 11) is 2.12. The number of nitrogens with zero attached hydrogens (tertiary/aromatic N) is 4. The monoisotopic (exact) mass is 345 g/mol. The highest BCUT2D eigenvalue weighted by molar-refractivity contribution is 5.75. The molecule has 2 heterocycles. The van der Waals surface area contributed by atoms with Gasteiger partial charge in [0.05, 0.1) is 0 Å². The van der Waals surface area contributed by atoms with Crippen LogP contribution in [0.5, 0.6) is 0 Å². The van der Waals surface area contributed by atoms with Crippen LogP contribution >= 0.6 is 0 Å². The van der Waals surface area contributed by atoms with Crippen LogP contribution in [-0.2, 0) is 11.3 Å². The van der Waals surface area contributed by atoms with Crippen molar-refractivity contribution >= 4 is 11.4 Å². The zero-order chi connectivity index (χ0) is 17.8. The van der Waals surface area contributed by atoms with Crippen LogP contribution in [0.2, 0.25) is 0 Å². The van der Waals surface area contributed by atoms with Gasteiger partial charge in [-0.05, 0) is 38.9 Å². The minimum atomic E-state index is -0.245. The average Bonchev–Trinajstić information content (AvgIpc) is 3.11. The summed E-state index contributed by atoms with van der Waals surface area (Å²) in [5.41, 5.74) is 0.294. The third kappa shape index (κ3) is 4.10. The van der Waals surface area contributed by atoms with E-state index < -0.39 is 0 Å². The Balaban J connectivity index is 1.52. The van der Waals surface area contributed by atoms with Crippen molar-refractivity contribution in [2.75, 3.05) is 20.1 Å². The molecule has 136 valence electrons. The van der Waals surface area contributed by atoms with Crippen molar-refractivity contribution in [2.24, 2.45) is 0 Å². The third-order valence-corrected chi connectivity index (χ3v) is 5.09. The van der Waals surface area contributed by atoms with E-state index in [0.717, 1.165) is 6.54 Å². The Hall–Kier alpha value is -2.15. The van der Waals surface area contributed by atoms with Gasteiger partial charge >= 0.3 is 0 Å². The fraction of sp³-hybridized carbons (Fsp3) is 0.611. The summed E-state index contributed by atoms with van der Waals surface area (Å²) in [4.78, 5) is 26.9. The van der Waals surface area contributed by atoms with Gasteiger partial charge in [0.2, 0.25) is 5.91 Å². The molecule has 1 fully saturated rings. The number of likely N-dealkylation sites (N-methyl/N-ethyl adjacent to an activating group) is 1. The maximum atomic E-state index is 12.4. The molecule has 25 heavy (non-hydrogen) atoms. The fourth-order valence-corrected chi connectivity index (χ4v) is 3.61. The molecule has 0 aliphatic heterocycles. The highest BCUT2D eigenvalue weighted by Crippen LogP contribution is 2.21. The van der Waals surface area contributed by atoms with Gasteiger partial charge in [0.15, 0.2) is 0 Å². The van der Waals surface area contributed by atoms with E-state index in [1.165, 1.54) is 36.8 Å². The Morgan fingerprint density at radius 1 is 1.36 bits per heavy atom. The summed E-state index contributed by atoms with van der Waals surface area (Å²) in [6.07, 6.45) is 8.24. The predicted octanol–water partition coefficient (Wildman–Crippen LogP) is 1.19. The van der Waals surface area contributed by atoms with Crippen molar-refractivity contribution < 1.29 is 4.79 Å². The molecule has 0 aromatic carbocycles. The first-order valence-electron chi connectivity index (χ1n) is 9.08. The molecular formula is C18H27N5O2. The summed E-state index contributed by atoms with van der Waals surface area (Å²) in [6, 6.07) is 4.18. The molecule has 1 saturated carbocycles. The predicted molar refractivity (Wildman–Crippen MR) is 96.7 cm³/mol. The normalized spacial score (nSPS) is 15.8. The summed E-state index contributed by atoms with van der Waals surface area (Å²) < 4.78 is 2.97. The first-order chi connectivity index (χ1) is 12.1. The van der Waals surface area contributed by atoms with Gasteiger partial charge in [-0.15, -0.1) is 0 Å². The molecular weight excluding hydrogens is 318 g/mol. The minimum absolute atomic E-state index is 0.0471. The van der Waals surface area contributed by atoms with E-state index in [9.17, 15) is 9.59 Å². The van der Waals surface area contributed by atoms with Crippen molar-refractivity contribution in [3.63, 3.8) is 0 Å². The van der Waals surface area contributed by atoms with Gasteiger partial charge in [-0.3, -0.25) is 14.0 Å². The molecule has 2 aromatic rings. The fourth-order valence-electron chi connectivity index (χ4n) is 3.61. The highest BCUT2D eigenvalue weighted by atomic mass is 16.2. The van der Waals surface area contributed by atoms with Gasteiger partial charge in [-0.2, -0.15) is 5.10 Å². The summed E-state index contributed by atoms with van der Waals surface area (Å²) in [5, 5.41) is 7.13. The van der Waals surface area contributed by atoms with Crippen LogP contribution in [0.3, 0.4) is 0 Å². The number of amides is 1. The molecule has 0 unspecified atom stereocenters. The Morgan fingerprint density at radius 2 is 2.12 bits per heavy atom. The smallest absolute Gasteiger partial charge is 0.291 e. The maximum Gasteiger partial charge on any atom is 0.291 e. The van der Waals surface area contributed by atoms with Crippen LogP contribution in [0.4, 0.5) is 0 Å². The Morgan fingerprint density at radius 3 is 2.88 bits per heavy atom. The molecule has 1 amide bonds. The van der Waals surface area contributed by atoms with Crippen LogP contribution in [-0.4, -0.2) is 51.2 Å². The van der Waals surface area contributed by atoms with Crippen molar-refractivity contribution in [3.8, 4) is 0 Å². The largest absolute Gasteiger partial charge is 0.353 e. The number of aromatic nitrogens is 3. The molecule has 2 aromatic heterocycles. The quantitative estimate of drug-likeness (QED) is 0.853. The number of aryl methyl sites for hydroxylation is 1. The molecule has 0 saturated heterocycles. The number of carbonyl (C=O) groups excluding carboxylic acids is 1. The molecule has 1 N–H and O–H groups in total. The van der Waals surface area contributed by atoms with E-state index in [-0.39, 0.29) is 18.0 Å². The van der Waals surface area contributed by atoms with Gasteiger partial charge < -0.3 is 10.2 Å². The highest BCUT2D eigenvalue weighted by Gasteiger charge is 2.17. The van der Waals surface area contributed by atoms with E-state index in [2.05, 4.69) is 22.4 Å². The van der Waals surface area contributed by atoms with Gasteiger partial charge in [0, 0.05) is 25.3 Å². The van der Waals surface area contributed by atoms with E-state index in [1.54, 1.807) is 22.7 Å². The van der Waals surface area contributed by atoms with Gasteiger partial charge in [-0.1, -0.05) is 19.3 Å². The number of carbonyl (C=O) groups is 1. The number of hydrogen-bond acceptors (Lipinski definition) is 4. The zero-order valence-corrected chi connectivity index (χ0v) is 15.1. The molecule has 0 atom stereocenters. The minimum Gasteiger partial charge on any atom is -0.353 e. The molecule has 1 aliphatic carbocycles. The first-order valence-corrected chi connectivity index (χ1v) is 9.08.